The molecule has 3 aromatic rings. The predicted molar refractivity (Wildman–Crippen MR) is 119 cm³/mol. The van der Waals surface area contributed by atoms with Crippen molar-refractivity contribution in [2.24, 2.45) is 0 Å². The number of nitrogens with zero attached hydrogens (tertiary/aromatic N) is 1. The Hall–Kier alpha value is -2.15. The Morgan fingerprint density at radius 2 is 1.86 bits per heavy atom. The van der Waals surface area contributed by atoms with E-state index in [-0.39, 0.29) is 6.54 Å². The lowest BCUT2D eigenvalue weighted by molar-refractivity contribution is -0.137. The van der Waals surface area contributed by atoms with Gasteiger partial charge in [0.25, 0.3) is 0 Å². The fourth-order valence-electron chi connectivity index (χ4n) is 2.82. The number of thiocarbonyl (C=S) groups is 1. The first-order valence-corrected chi connectivity index (χ1v) is 10.0. The second-order valence-corrected chi connectivity index (χ2v) is 7.86. The topological polar surface area (TPSA) is 49.8 Å². The summed E-state index contributed by atoms with van der Waals surface area (Å²) in [5.41, 5.74) is 1.82. The number of carboxylic acid groups (broad SMARTS) is 1. The van der Waals surface area contributed by atoms with Gasteiger partial charge < -0.3 is 14.7 Å². The van der Waals surface area contributed by atoms with Gasteiger partial charge in [-0.25, -0.2) is 0 Å². The van der Waals surface area contributed by atoms with Gasteiger partial charge in [-0.1, -0.05) is 54.2 Å². The number of benzene rings is 3. The molecule has 0 radical (unpaired) electrons. The number of hydrogen-bond donors (Lipinski definition) is 1. The Morgan fingerprint density at radius 3 is 2.54 bits per heavy atom. The maximum atomic E-state index is 11.0. The molecule has 0 aliphatic carbocycles. The van der Waals surface area contributed by atoms with E-state index in [1.54, 1.807) is 11.9 Å². The van der Waals surface area contributed by atoms with Crippen LogP contribution in [0.1, 0.15) is 11.1 Å². The Balaban J connectivity index is 1.88. The molecule has 0 unspecified atom stereocenters. The molecule has 0 atom stereocenters. The molecule has 0 spiro atoms. The van der Waals surface area contributed by atoms with Crippen LogP contribution in [-0.4, -0.2) is 34.6 Å². The Labute approximate surface area is 181 Å². The number of hydrogen-bond acceptors (Lipinski definition) is 3. The zero-order valence-corrected chi connectivity index (χ0v) is 18.1. The van der Waals surface area contributed by atoms with Crippen LogP contribution in [0.2, 0.25) is 5.02 Å². The molecular weight excluding hydrogens is 462 g/mol. The van der Waals surface area contributed by atoms with Crippen LogP contribution in [0.5, 0.6) is 5.75 Å². The molecule has 1 N–H and O–H groups in total. The summed E-state index contributed by atoms with van der Waals surface area (Å²) in [5.74, 6) is -0.214. The highest BCUT2D eigenvalue weighted by Crippen LogP contribution is 2.35. The Morgan fingerprint density at radius 1 is 1.14 bits per heavy atom. The van der Waals surface area contributed by atoms with E-state index in [9.17, 15) is 4.79 Å². The van der Waals surface area contributed by atoms with E-state index in [1.807, 2.05) is 54.6 Å². The molecule has 0 saturated carbocycles. The van der Waals surface area contributed by atoms with Crippen molar-refractivity contribution in [2.75, 3.05) is 13.6 Å². The van der Waals surface area contributed by atoms with Crippen LogP contribution in [0, 0.1) is 0 Å². The number of aliphatic carboxylic acids is 1. The highest BCUT2D eigenvalue weighted by molar-refractivity contribution is 9.10. The number of rotatable bonds is 6. The highest BCUT2D eigenvalue weighted by Gasteiger charge is 2.15. The van der Waals surface area contributed by atoms with Gasteiger partial charge in [-0.05, 0) is 51.1 Å². The fourth-order valence-corrected chi connectivity index (χ4v) is 3.78. The summed E-state index contributed by atoms with van der Waals surface area (Å²) in [7, 11) is 1.67. The molecule has 144 valence electrons. The highest BCUT2D eigenvalue weighted by atomic mass is 79.9. The quantitative estimate of drug-likeness (QED) is 0.472. The van der Waals surface area contributed by atoms with Gasteiger partial charge in [0.1, 0.15) is 23.9 Å². The summed E-state index contributed by atoms with van der Waals surface area (Å²) in [6, 6.07) is 17.1. The van der Waals surface area contributed by atoms with E-state index < -0.39 is 5.97 Å². The summed E-state index contributed by atoms with van der Waals surface area (Å²) in [6.45, 7) is 0.263. The molecule has 3 aromatic carbocycles. The monoisotopic (exact) mass is 477 g/mol. The normalized spacial score (nSPS) is 10.7. The minimum atomic E-state index is -0.927. The van der Waals surface area contributed by atoms with Crippen molar-refractivity contribution in [3.63, 3.8) is 0 Å². The Kier molecular flexibility index (Phi) is 6.54. The molecule has 0 aliphatic heterocycles. The number of halogens is 2. The Bertz CT molecular complexity index is 1040. The van der Waals surface area contributed by atoms with Crippen molar-refractivity contribution in [3.05, 3.63) is 75.2 Å². The van der Waals surface area contributed by atoms with Crippen LogP contribution in [-0.2, 0) is 11.4 Å². The van der Waals surface area contributed by atoms with E-state index in [0.29, 0.717) is 22.4 Å². The van der Waals surface area contributed by atoms with E-state index in [0.717, 1.165) is 26.4 Å². The lowest BCUT2D eigenvalue weighted by Crippen LogP contribution is -2.31. The average Bonchev–Trinajstić information content (AvgIpc) is 2.67. The molecule has 3 rings (SSSR count). The van der Waals surface area contributed by atoms with E-state index >= 15 is 0 Å². The van der Waals surface area contributed by atoms with Crippen molar-refractivity contribution in [2.45, 2.75) is 6.61 Å². The van der Waals surface area contributed by atoms with Gasteiger partial charge in [0.05, 0.1) is 4.47 Å². The average molecular weight is 479 g/mol. The maximum absolute atomic E-state index is 11.0. The van der Waals surface area contributed by atoms with Crippen molar-refractivity contribution >= 4 is 61.5 Å². The molecule has 0 fully saturated rings. The first-order chi connectivity index (χ1) is 13.4. The second kappa shape index (κ2) is 8.90. The summed E-state index contributed by atoms with van der Waals surface area (Å²) in [6.07, 6.45) is 0. The van der Waals surface area contributed by atoms with Crippen molar-refractivity contribution in [1.29, 1.82) is 0 Å². The molecule has 0 amide bonds. The van der Waals surface area contributed by atoms with Gasteiger partial charge in [-0.2, -0.15) is 0 Å². The van der Waals surface area contributed by atoms with Crippen molar-refractivity contribution < 1.29 is 14.6 Å². The van der Waals surface area contributed by atoms with Crippen LogP contribution in [0.15, 0.2) is 59.1 Å². The lowest BCUT2D eigenvalue weighted by Gasteiger charge is -2.20. The van der Waals surface area contributed by atoms with Crippen LogP contribution in [0.3, 0.4) is 0 Å². The minimum absolute atomic E-state index is 0.154. The van der Waals surface area contributed by atoms with Gasteiger partial charge in [-0.3, -0.25) is 4.79 Å². The number of fused-ring (bicyclic) bond motifs is 1. The smallest absolute Gasteiger partial charge is 0.323 e. The molecule has 4 nitrogen and oxygen atoms in total. The standard InChI is InChI=1S/C21H17BrClNO3S/c1-24(11-19(25)26)21(28)17-4-2-3-16-15(17)9-10-18(20(16)22)27-12-13-5-7-14(23)8-6-13/h2-10H,11-12H2,1H3,(H,25,26). The van der Waals surface area contributed by atoms with Gasteiger partial charge >= 0.3 is 5.97 Å². The first kappa shape index (κ1) is 20.6. The van der Waals surface area contributed by atoms with E-state index in [2.05, 4.69) is 15.9 Å². The molecule has 0 saturated heterocycles. The van der Waals surface area contributed by atoms with Gasteiger partial charge in [-0.15, -0.1) is 0 Å². The number of likely N-dealkylation sites (N-methyl/N-ethyl adjacent to an activating group) is 1. The van der Waals surface area contributed by atoms with Gasteiger partial charge in [0.2, 0.25) is 0 Å². The SMILES string of the molecule is CN(CC(=O)O)C(=S)c1cccc2c(Br)c(OCc3ccc(Cl)cc3)ccc12. The maximum Gasteiger partial charge on any atom is 0.323 e. The van der Waals surface area contributed by atoms with Gasteiger partial charge in [0, 0.05) is 23.0 Å². The largest absolute Gasteiger partial charge is 0.488 e. The molecule has 0 bridgehead atoms. The predicted octanol–water partition coefficient (Wildman–Crippen LogP) is 5.53. The number of carboxylic acids is 1. The van der Waals surface area contributed by atoms with Gasteiger partial charge in [0.15, 0.2) is 0 Å². The van der Waals surface area contributed by atoms with Crippen LogP contribution >= 0.6 is 39.7 Å². The molecular formula is C21H17BrClNO3S. The minimum Gasteiger partial charge on any atom is -0.488 e. The summed E-state index contributed by atoms with van der Waals surface area (Å²) >= 11 is 15.0. The van der Waals surface area contributed by atoms with Crippen LogP contribution < -0.4 is 4.74 Å². The zero-order chi connectivity index (χ0) is 20.3. The third kappa shape index (κ3) is 4.63. The molecule has 0 aromatic heterocycles. The van der Waals surface area contributed by atoms with Crippen LogP contribution in [0.4, 0.5) is 0 Å². The lowest BCUT2D eigenvalue weighted by atomic mass is 10.0. The summed E-state index contributed by atoms with van der Waals surface area (Å²) in [5, 5.41) is 11.6. The summed E-state index contributed by atoms with van der Waals surface area (Å²) in [4.78, 5) is 13.0. The molecule has 28 heavy (non-hydrogen) atoms. The van der Waals surface area contributed by atoms with Crippen molar-refractivity contribution in [1.82, 2.24) is 4.90 Å². The van der Waals surface area contributed by atoms with Crippen LogP contribution in [0.25, 0.3) is 10.8 Å². The summed E-state index contributed by atoms with van der Waals surface area (Å²) < 4.78 is 6.78. The third-order valence-electron chi connectivity index (χ3n) is 4.22. The third-order valence-corrected chi connectivity index (χ3v) is 5.82. The number of carbonyl (C=O) groups is 1. The second-order valence-electron chi connectivity index (χ2n) is 6.25. The van der Waals surface area contributed by atoms with E-state index in [1.165, 1.54) is 0 Å². The zero-order valence-electron chi connectivity index (χ0n) is 15.0. The van der Waals surface area contributed by atoms with E-state index in [4.69, 9.17) is 33.7 Å². The number of ether oxygens (including phenoxy) is 1. The molecule has 7 heteroatoms. The molecule has 0 aliphatic rings. The molecule has 0 heterocycles. The fraction of sp³-hybridized carbons (Fsp3) is 0.143. The first-order valence-electron chi connectivity index (χ1n) is 8.42. The van der Waals surface area contributed by atoms with Crippen molar-refractivity contribution in [3.8, 4) is 5.75 Å².